The van der Waals surface area contributed by atoms with Gasteiger partial charge in [-0.2, -0.15) is 5.10 Å². The minimum absolute atomic E-state index is 0.124. The maximum atomic E-state index is 14.0. The van der Waals surface area contributed by atoms with E-state index in [-0.39, 0.29) is 11.7 Å². The summed E-state index contributed by atoms with van der Waals surface area (Å²) in [6, 6.07) is 6.81. The van der Waals surface area contributed by atoms with E-state index in [1.807, 2.05) is 34.4 Å². The van der Waals surface area contributed by atoms with Crippen LogP contribution in [0.5, 0.6) is 0 Å². The number of para-hydroxylation sites is 1. The average molecular weight is 372 g/mol. The van der Waals surface area contributed by atoms with Crippen LogP contribution < -0.4 is 4.90 Å². The number of benzene rings is 1. The molecule has 0 aliphatic carbocycles. The molecule has 0 spiro atoms. The van der Waals surface area contributed by atoms with Crippen LogP contribution in [0, 0.1) is 25.6 Å². The van der Waals surface area contributed by atoms with E-state index in [1.54, 1.807) is 12.1 Å². The molecule has 0 N–H and O–H groups in total. The lowest BCUT2D eigenvalue weighted by Crippen LogP contribution is -2.49. The van der Waals surface area contributed by atoms with Crippen molar-refractivity contribution in [2.75, 3.05) is 31.1 Å². The van der Waals surface area contributed by atoms with Crippen molar-refractivity contribution in [1.29, 1.82) is 0 Å². The Hall–Kier alpha value is -2.37. The number of nitrogens with zero attached hydrogens (tertiary/aromatic N) is 4. The normalized spacial score (nSPS) is 14.9. The summed E-state index contributed by atoms with van der Waals surface area (Å²) in [5, 5.41) is 4.61. The van der Waals surface area contributed by atoms with Crippen molar-refractivity contribution in [3.63, 3.8) is 0 Å². The molecule has 1 aromatic heterocycles. The molecule has 0 saturated carbocycles. The number of amides is 1. The third-order valence-electron chi connectivity index (χ3n) is 5.22. The van der Waals surface area contributed by atoms with Crippen LogP contribution in [0.25, 0.3) is 0 Å². The van der Waals surface area contributed by atoms with Crippen LogP contribution in [0.3, 0.4) is 0 Å². The number of halogens is 1. The molecule has 1 aromatic carbocycles. The molecule has 0 unspecified atom stereocenters. The van der Waals surface area contributed by atoms with Crippen molar-refractivity contribution in [3.05, 3.63) is 47.0 Å². The lowest BCUT2D eigenvalue weighted by molar-refractivity contribution is -0.130. The number of piperazine rings is 1. The van der Waals surface area contributed by atoms with Crippen LogP contribution in [-0.4, -0.2) is 46.8 Å². The highest BCUT2D eigenvalue weighted by Crippen LogP contribution is 2.21. The van der Waals surface area contributed by atoms with Crippen molar-refractivity contribution in [2.45, 2.75) is 40.7 Å². The number of anilines is 1. The van der Waals surface area contributed by atoms with Gasteiger partial charge >= 0.3 is 0 Å². The molecule has 5 nitrogen and oxygen atoms in total. The van der Waals surface area contributed by atoms with Gasteiger partial charge in [0.25, 0.3) is 0 Å². The minimum Gasteiger partial charge on any atom is -0.366 e. The number of carbonyl (C=O) groups excluding carboxylic acids is 1. The van der Waals surface area contributed by atoms with Gasteiger partial charge in [-0.1, -0.05) is 26.0 Å². The Morgan fingerprint density at radius 2 is 1.81 bits per heavy atom. The van der Waals surface area contributed by atoms with Crippen molar-refractivity contribution < 1.29 is 9.18 Å². The van der Waals surface area contributed by atoms with Gasteiger partial charge in [-0.25, -0.2) is 4.39 Å². The maximum absolute atomic E-state index is 14.0. The van der Waals surface area contributed by atoms with Gasteiger partial charge in [-0.05, 0) is 31.9 Å². The summed E-state index contributed by atoms with van der Waals surface area (Å²) in [6.07, 6.45) is 0.384. The topological polar surface area (TPSA) is 41.4 Å². The zero-order valence-corrected chi connectivity index (χ0v) is 16.7. The molecule has 1 fully saturated rings. The number of aryl methyl sites for hydroxylation is 1. The van der Waals surface area contributed by atoms with E-state index >= 15 is 0 Å². The van der Waals surface area contributed by atoms with Crippen LogP contribution in [0.4, 0.5) is 10.1 Å². The summed E-state index contributed by atoms with van der Waals surface area (Å²) in [5.74, 6) is 0.428. The first-order chi connectivity index (χ1) is 12.9. The van der Waals surface area contributed by atoms with Gasteiger partial charge in [0.2, 0.25) is 5.91 Å². The predicted octanol–water partition coefficient (Wildman–Crippen LogP) is 3.19. The number of carbonyl (C=O) groups is 1. The Bertz CT molecular complexity index is 807. The fourth-order valence-electron chi connectivity index (χ4n) is 3.68. The van der Waals surface area contributed by atoms with E-state index in [1.165, 1.54) is 6.07 Å². The summed E-state index contributed by atoms with van der Waals surface area (Å²) < 4.78 is 16.0. The van der Waals surface area contributed by atoms with Crippen molar-refractivity contribution in [1.82, 2.24) is 14.7 Å². The monoisotopic (exact) mass is 372 g/mol. The molecule has 3 rings (SSSR count). The first-order valence-corrected chi connectivity index (χ1v) is 9.67. The van der Waals surface area contributed by atoms with E-state index in [0.29, 0.717) is 44.2 Å². The largest absolute Gasteiger partial charge is 0.366 e. The van der Waals surface area contributed by atoms with Crippen LogP contribution in [0.15, 0.2) is 24.3 Å². The highest BCUT2D eigenvalue weighted by molar-refractivity contribution is 5.79. The fraction of sp³-hybridized carbons (Fsp3) is 0.524. The quantitative estimate of drug-likeness (QED) is 0.809. The zero-order chi connectivity index (χ0) is 19.6. The average Bonchev–Trinajstić information content (AvgIpc) is 2.89. The van der Waals surface area contributed by atoms with Crippen LogP contribution >= 0.6 is 0 Å². The molecule has 146 valence electrons. The second-order valence-corrected chi connectivity index (χ2v) is 7.72. The van der Waals surface area contributed by atoms with Gasteiger partial charge < -0.3 is 9.80 Å². The summed E-state index contributed by atoms with van der Waals surface area (Å²) in [6.45, 7) is 11.7. The Morgan fingerprint density at radius 3 is 2.44 bits per heavy atom. The van der Waals surface area contributed by atoms with Gasteiger partial charge in [-0.15, -0.1) is 0 Å². The predicted molar refractivity (Wildman–Crippen MR) is 105 cm³/mol. The molecular weight excluding hydrogens is 343 g/mol. The SMILES string of the molecule is Cc1nn(CC(C)C)c(C)c1CC(=O)N1CCN(c2ccccc2F)CC1. The zero-order valence-electron chi connectivity index (χ0n) is 16.7. The number of hydrogen-bond donors (Lipinski definition) is 0. The second-order valence-electron chi connectivity index (χ2n) is 7.72. The molecule has 27 heavy (non-hydrogen) atoms. The summed E-state index contributed by atoms with van der Waals surface area (Å²) in [7, 11) is 0. The van der Waals surface area contributed by atoms with E-state index in [2.05, 4.69) is 18.9 Å². The number of hydrogen-bond acceptors (Lipinski definition) is 3. The van der Waals surface area contributed by atoms with Crippen molar-refractivity contribution in [2.24, 2.45) is 5.92 Å². The highest BCUT2D eigenvalue weighted by Gasteiger charge is 2.24. The first kappa shape index (κ1) is 19.4. The van der Waals surface area contributed by atoms with Gasteiger partial charge in [-0.3, -0.25) is 9.48 Å². The molecule has 0 bridgehead atoms. The van der Waals surface area contributed by atoms with Crippen LogP contribution in [-0.2, 0) is 17.8 Å². The number of aromatic nitrogens is 2. The van der Waals surface area contributed by atoms with Gasteiger partial charge in [0.15, 0.2) is 0 Å². The lowest BCUT2D eigenvalue weighted by atomic mass is 10.1. The molecule has 0 radical (unpaired) electrons. The van der Waals surface area contributed by atoms with Gasteiger partial charge in [0, 0.05) is 44.0 Å². The minimum atomic E-state index is -0.207. The Kier molecular flexibility index (Phi) is 5.82. The van der Waals surface area contributed by atoms with E-state index < -0.39 is 0 Å². The maximum Gasteiger partial charge on any atom is 0.227 e. The molecule has 1 aliphatic heterocycles. The van der Waals surface area contributed by atoms with Gasteiger partial charge in [0.1, 0.15) is 5.82 Å². The summed E-state index contributed by atoms with van der Waals surface area (Å²) in [4.78, 5) is 16.7. The van der Waals surface area contributed by atoms with Crippen molar-refractivity contribution in [3.8, 4) is 0 Å². The highest BCUT2D eigenvalue weighted by atomic mass is 19.1. The molecule has 0 atom stereocenters. The fourth-order valence-corrected chi connectivity index (χ4v) is 3.68. The second kappa shape index (κ2) is 8.11. The van der Waals surface area contributed by atoms with E-state index in [0.717, 1.165) is 23.5 Å². The Balaban J connectivity index is 1.62. The van der Waals surface area contributed by atoms with Crippen molar-refractivity contribution >= 4 is 11.6 Å². The lowest BCUT2D eigenvalue weighted by Gasteiger charge is -2.36. The van der Waals surface area contributed by atoms with Crippen LogP contribution in [0.1, 0.15) is 30.8 Å². The molecule has 6 heteroatoms. The number of rotatable bonds is 5. The summed E-state index contributed by atoms with van der Waals surface area (Å²) >= 11 is 0. The molecule has 1 aliphatic rings. The third-order valence-corrected chi connectivity index (χ3v) is 5.22. The Morgan fingerprint density at radius 1 is 1.15 bits per heavy atom. The standard InChI is InChI=1S/C21H29FN4O/c1-15(2)14-26-17(4)18(16(3)23-26)13-21(27)25-11-9-24(10-12-25)20-8-6-5-7-19(20)22/h5-8,15H,9-14H2,1-4H3. The van der Waals surface area contributed by atoms with E-state index in [9.17, 15) is 9.18 Å². The molecule has 2 heterocycles. The van der Waals surface area contributed by atoms with E-state index in [4.69, 9.17) is 0 Å². The Labute approximate surface area is 160 Å². The molecular formula is C21H29FN4O. The molecule has 1 saturated heterocycles. The molecule has 1 amide bonds. The first-order valence-electron chi connectivity index (χ1n) is 9.67. The van der Waals surface area contributed by atoms with Crippen LogP contribution in [0.2, 0.25) is 0 Å². The smallest absolute Gasteiger partial charge is 0.227 e. The third kappa shape index (κ3) is 4.31. The summed E-state index contributed by atoms with van der Waals surface area (Å²) in [5.41, 5.74) is 3.68. The van der Waals surface area contributed by atoms with Gasteiger partial charge in [0.05, 0.1) is 17.8 Å². The molecule has 2 aromatic rings.